The lowest BCUT2D eigenvalue weighted by Gasteiger charge is -2.17. The van der Waals surface area contributed by atoms with E-state index in [4.69, 9.17) is 5.26 Å². The summed E-state index contributed by atoms with van der Waals surface area (Å²) in [7, 11) is -3.84. The van der Waals surface area contributed by atoms with Crippen LogP contribution >= 0.6 is 0 Å². The van der Waals surface area contributed by atoms with Gasteiger partial charge in [0.05, 0.1) is 5.56 Å². The summed E-state index contributed by atoms with van der Waals surface area (Å²) in [6, 6.07) is 4.76. The highest BCUT2D eigenvalue weighted by Gasteiger charge is 2.37. The molecule has 0 aromatic heterocycles. The Bertz CT molecular complexity index is 654. The van der Waals surface area contributed by atoms with Gasteiger partial charge in [0.1, 0.15) is 16.8 Å². The molecule has 1 N–H and O–H groups in total. The third-order valence-electron chi connectivity index (χ3n) is 3.65. The van der Waals surface area contributed by atoms with Gasteiger partial charge >= 0.3 is 0 Å². The van der Waals surface area contributed by atoms with Crippen LogP contribution in [0.1, 0.15) is 12.5 Å². The van der Waals surface area contributed by atoms with Crippen LogP contribution in [0.3, 0.4) is 0 Å². The number of sulfonamides is 1. The van der Waals surface area contributed by atoms with Gasteiger partial charge in [0.15, 0.2) is 0 Å². The molecule has 0 aliphatic carbocycles. The average molecular weight is 298 g/mol. The van der Waals surface area contributed by atoms with Gasteiger partial charge < -0.3 is 5.11 Å². The summed E-state index contributed by atoms with van der Waals surface area (Å²) in [5, 5.41) is 18.2. The van der Waals surface area contributed by atoms with Crippen molar-refractivity contribution in [3.8, 4) is 6.07 Å². The van der Waals surface area contributed by atoms with Crippen LogP contribution in [0.15, 0.2) is 23.1 Å². The maximum Gasteiger partial charge on any atom is 0.244 e. The molecule has 1 aromatic carbocycles. The van der Waals surface area contributed by atoms with Gasteiger partial charge in [-0.2, -0.15) is 9.57 Å². The zero-order valence-corrected chi connectivity index (χ0v) is 11.8. The third kappa shape index (κ3) is 2.54. The van der Waals surface area contributed by atoms with E-state index in [0.717, 1.165) is 18.2 Å². The van der Waals surface area contributed by atoms with E-state index < -0.39 is 15.8 Å². The van der Waals surface area contributed by atoms with Crippen molar-refractivity contribution in [2.24, 2.45) is 11.8 Å². The van der Waals surface area contributed by atoms with Crippen LogP contribution in [0.2, 0.25) is 0 Å². The summed E-state index contributed by atoms with van der Waals surface area (Å²) in [5.74, 6) is -0.722. The first kappa shape index (κ1) is 14.9. The Kier molecular flexibility index (Phi) is 4.09. The van der Waals surface area contributed by atoms with Crippen LogP contribution in [0.4, 0.5) is 4.39 Å². The van der Waals surface area contributed by atoms with E-state index >= 15 is 0 Å². The molecular weight excluding hydrogens is 283 g/mol. The van der Waals surface area contributed by atoms with Crippen molar-refractivity contribution in [3.63, 3.8) is 0 Å². The molecule has 1 aliphatic heterocycles. The van der Waals surface area contributed by atoms with Gasteiger partial charge in [0.2, 0.25) is 10.0 Å². The van der Waals surface area contributed by atoms with Gasteiger partial charge in [-0.15, -0.1) is 0 Å². The highest BCUT2D eigenvalue weighted by molar-refractivity contribution is 7.89. The topological polar surface area (TPSA) is 81.4 Å². The molecule has 1 fully saturated rings. The minimum Gasteiger partial charge on any atom is -0.396 e. The summed E-state index contributed by atoms with van der Waals surface area (Å²) < 4.78 is 39.3. The fourth-order valence-electron chi connectivity index (χ4n) is 2.37. The highest BCUT2D eigenvalue weighted by Crippen LogP contribution is 2.29. The Morgan fingerprint density at radius 2 is 2.20 bits per heavy atom. The molecule has 0 bridgehead atoms. The summed E-state index contributed by atoms with van der Waals surface area (Å²) in [5.41, 5.74) is -0.204. The van der Waals surface area contributed by atoms with Gasteiger partial charge in [-0.25, -0.2) is 12.8 Å². The molecule has 1 aliphatic rings. The second-order valence-electron chi connectivity index (χ2n) is 4.99. The van der Waals surface area contributed by atoms with Crippen LogP contribution in [0, 0.1) is 29.0 Å². The smallest absolute Gasteiger partial charge is 0.244 e. The van der Waals surface area contributed by atoms with Crippen molar-refractivity contribution in [1.29, 1.82) is 5.26 Å². The Morgan fingerprint density at radius 1 is 1.50 bits per heavy atom. The lowest BCUT2D eigenvalue weighted by molar-refractivity contribution is 0.210. The number of nitrogens with zero attached hydrogens (tertiary/aromatic N) is 2. The average Bonchev–Trinajstić information content (AvgIpc) is 2.80. The van der Waals surface area contributed by atoms with Crippen molar-refractivity contribution in [2.45, 2.75) is 11.8 Å². The Balaban J connectivity index is 2.40. The molecule has 1 saturated heterocycles. The van der Waals surface area contributed by atoms with Crippen LogP contribution in [-0.4, -0.2) is 37.5 Å². The second kappa shape index (κ2) is 5.48. The largest absolute Gasteiger partial charge is 0.396 e. The number of rotatable bonds is 3. The van der Waals surface area contributed by atoms with E-state index in [1.807, 2.05) is 6.92 Å². The number of hydrogen-bond acceptors (Lipinski definition) is 4. The predicted molar refractivity (Wildman–Crippen MR) is 69.6 cm³/mol. The molecular formula is C13H15FN2O3S. The van der Waals surface area contributed by atoms with Crippen molar-refractivity contribution < 1.29 is 17.9 Å². The number of hydrogen-bond donors (Lipinski definition) is 1. The van der Waals surface area contributed by atoms with Crippen molar-refractivity contribution >= 4 is 10.0 Å². The lowest BCUT2D eigenvalue weighted by atomic mass is 10.00. The molecule has 0 unspecified atom stereocenters. The number of nitriles is 1. The van der Waals surface area contributed by atoms with Crippen molar-refractivity contribution in [3.05, 3.63) is 29.6 Å². The molecule has 1 heterocycles. The summed E-state index contributed by atoms with van der Waals surface area (Å²) in [6.45, 7) is 2.28. The Labute approximate surface area is 117 Å². The maximum absolute atomic E-state index is 13.1. The van der Waals surface area contributed by atoms with Crippen LogP contribution in [-0.2, 0) is 10.0 Å². The fraction of sp³-hybridized carbons (Fsp3) is 0.462. The normalized spacial score (nSPS) is 23.7. The van der Waals surface area contributed by atoms with Gasteiger partial charge in [-0.3, -0.25) is 0 Å². The van der Waals surface area contributed by atoms with Crippen molar-refractivity contribution in [1.82, 2.24) is 4.31 Å². The van der Waals surface area contributed by atoms with E-state index in [-0.39, 0.29) is 42.0 Å². The summed E-state index contributed by atoms with van der Waals surface area (Å²) >= 11 is 0. The minimum absolute atomic E-state index is 0.0424. The van der Waals surface area contributed by atoms with Gasteiger partial charge in [-0.1, -0.05) is 6.92 Å². The molecule has 0 radical (unpaired) electrons. The van der Waals surface area contributed by atoms with Crippen LogP contribution < -0.4 is 0 Å². The zero-order valence-electron chi connectivity index (χ0n) is 11.0. The third-order valence-corrected chi connectivity index (χ3v) is 5.54. The molecule has 20 heavy (non-hydrogen) atoms. The van der Waals surface area contributed by atoms with Crippen molar-refractivity contribution in [2.75, 3.05) is 19.7 Å². The van der Waals surface area contributed by atoms with E-state index in [1.54, 1.807) is 6.07 Å². The molecule has 2 rings (SSSR count). The van der Waals surface area contributed by atoms with Gasteiger partial charge in [0.25, 0.3) is 0 Å². The Morgan fingerprint density at radius 3 is 2.75 bits per heavy atom. The second-order valence-corrected chi connectivity index (χ2v) is 6.90. The molecule has 0 spiro atoms. The van der Waals surface area contributed by atoms with E-state index in [2.05, 4.69) is 0 Å². The first-order valence-electron chi connectivity index (χ1n) is 6.20. The molecule has 0 saturated carbocycles. The monoisotopic (exact) mass is 298 g/mol. The first-order valence-corrected chi connectivity index (χ1v) is 7.64. The number of halogens is 1. The Hall–Kier alpha value is -1.49. The standard InChI is InChI=1S/C13H15FN2O3S/c1-9-6-16(7-11(9)8-17)20(18,19)13-3-2-12(14)4-10(13)5-15/h2-4,9,11,17H,6-8H2,1H3/t9-,11+/m1/s1. The molecule has 108 valence electrons. The van der Waals surface area contributed by atoms with E-state index in [0.29, 0.717) is 0 Å². The molecule has 0 amide bonds. The molecule has 5 nitrogen and oxygen atoms in total. The molecule has 7 heteroatoms. The minimum atomic E-state index is -3.84. The predicted octanol–water partition coefficient (Wildman–Crippen LogP) is 0.946. The van der Waals surface area contributed by atoms with Crippen LogP contribution in [0.25, 0.3) is 0 Å². The number of aliphatic hydroxyl groups is 1. The lowest BCUT2D eigenvalue weighted by Crippen LogP contribution is -2.30. The van der Waals surface area contributed by atoms with E-state index in [1.165, 1.54) is 4.31 Å². The number of benzene rings is 1. The first-order chi connectivity index (χ1) is 9.40. The molecule has 2 atom stereocenters. The van der Waals surface area contributed by atoms with Crippen LogP contribution in [0.5, 0.6) is 0 Å². The number of aliphatic hydroxyl groups excluding tert-OH is 1. The fourth-order valence-corrected chi connectivity index (χ4v) is 4.09. The van der Waals surface area contributed by atoms with Gasteiger partial charge in [0, 0.05) is 19.7 Å². The quantitative estimate of drug-likeness (QED) is 0.900. The van der Waals surface area contributed by atoms with Gasteiger partial charge in [-0.05, 0) is 30.0 Å². The highest BCUT2D eigenvalue weighted by atomic mass is 32.2. The SMILES string of the molecule is C[C@@H]1CN(S(=O)(=O)c2ccc(F)cc2C#N)C[C@H]1CO. The maximum atomic E-state index is 13.1. The summed E-state index contributed by atoms with van der Waals surface area (Å²) in [6.07, 6.45) is 0. The molecule has 1 aromatic rings. The van der Waals surface area contributed by atoms with E-state index in [9.17, 15) is 17.9 Å². The summed E-state index contributed by atoms with van der Waals surface area (Å²) in [4.78, 5) is -0.188. The zero-order chi connectivity index (χ0) is 14.9.